The average Bonchev–Trinajstić information content (AvgIpc) is 3.31. The standard InChI is InChI=1S/C33H43ClFN5O3/c1-20(2)36-30(41)22-6-9-25(10-7-22)40-29-17-21(19-39-15-13-24(14-16-39)33(3,4)43)5-12-28(29)37-32(40)38-31(42)23-8-11-27(35)26(34)18-23/h5,8,11-12,17-18,20,22,24-25,43H,6-7,9-10,13-16,19H2,1-4H3,(H,36,41)(H,37,38,42)/t22-,25+. The monoisotopic (exact) mass is 611 g/mol. The lowest BCUT2D eigenvalue weighted by Gasteiger charge is -2.37. The van der Waals surface area contributed by atoms with E-state index in [1.54, 1.807) is 0 Å². The molecule has 2 heterocycles. The Hall–Kier alpha value is -3.01. The number of rotatable bonds is 7. The number of hydrogen-bond donors (Lipinski definition) is 3. The van der Waals surface area contributed by atoms with Gasteiger partial charge in [0.1, 0.15) is 5.82 Å². The number of hydrogen-bond acceptors (Lipinski definition) is 4. The molecule has 10 heteroatoms. The van der Waals surface area contributed by atoms with Crippen LogP contribution in [0.3, 0.4) is 0 Å². The van der Waals surface area contributed by atoms with E-state index in [2.05, 4.69) is 36.9 Å². The van der Waals surface area contributed by atoms with E-state index in [1.165, 1.54) is 18.2 Å². The predicted molar refractivity (Wildman–Crippen MR) is 166 cm³/mol. The number of benzene rings is 2. The molecule has 1 saturated heterocycles. The molecule has 0 radical (unpaired) electrons. The molecule has 1 saturated carbocycles. The van der Waals surface area contributed by atoms with Crippen molar-refractivity contribution in [1.82, 2.24) is 19.8 Å². The van der Waals surface area contributed by atoms with Crippen molar-refractivity contribution >= 4 is 34.4 Å². The maximum Gasteiger partial charge on any atom is 0.280 e. The van der Waals surface area contributed by atoms with Gasteiger partial charge in [0, 0.05) is 30.1 Å². The van der Waals surface area contributed by atoms with E-state index < -0.39 is 17.3 Å². The summed E-state index contributed by atoms with van der Waals surface area (Å²) in [7, 11) is 0. The van der Waals surface area contributed by atoms with Crippen LogP contribution in [-0.4, -0.2) is 56.1 Å². The SMILES string of the molecule is CC(C)NC(=O)[C@H]1CC[C@@H](n2/c(=N/C(=O)c3ccc(F)c(Cl)c3)[nH]c3ccc(CN4CCC(C(C)(C)O)CC4)cc32)CC1. The van der Waals surface area contributed by atoms with Gasteiger partial charge >= 0.3 is 0 Å². The number of carbonyl (C=O) groups is 2. The molecule has 0 unspecified atom stereocenters. The minimum atomic E-state index is -0.660. The number of piperidine rings is 1. The molecule has 0 spiro atoms. The third kappa shape index (κ3) is 7.39. The van der Waals surface area contributed by atoms with Gasteiger partial charge in [0.15, 0.2) is 0 Å². The Kier molecular flexibility index (Phi) is 9.44. The van der Waals surface area contributed by atoms with Crippen LogP contribution in [0, 0.1) is 17.7 Å². The van der Waals surface area contributed by atoms with Gasteiger partial charge in [-0.1, -0.05) is 17.7 Å². The first-order chi connectivity index (χ1) is 20.4. The van der Waals surface area contributed by atoms with Crippen LogP contribution in [0.15, 0.2) is 41.4 Å². The van der Waals surface area contributed by atoms with Crippen molar-refractivity contribution in [3.05, 3.63) is 64.0 Å². The summed E-state index contributed by atoms with van der Waals surface area (Å²) in [4.78, 5) is 36.1. The first-order valence-electron chi connectivity index (χ1n) is 15.4. The molecule has 1 aromatic heterocycles. The number of likely N-dealkylation sites (tertiary alicyclic amines) is 1. The lowest BCUT2D eigenvalue weighted by atomic mass is 9.83. The summed E-state index contributed by atoms with van der Waals surface area (Å²) in [6.45, 7) is 10.4. The summed E-state index contributed by atoms with van der Waals surface area (Å²) in [5.74, 6) is -0.735. The van der Waals surface area contributed by atoms with Gasteiger partial charge in [-0.25, -0.2) is 4.39 Å². The van der Waals surface area contributed by atoms with Gasteiger partial charge in [-0.05, 0) is 121 Å². The highest BCUT2D eigenvalue weighted by Crippen LogP contribution is 2.34. The molecule has 2 amide bonds. The maximum atomic E-state index is 13.7. The Balaban J connectivity index is 1.45. The zero-order chi connectivity index (χ0) is 30.9. The molecule has 8 nitrogen and oxygen atoms in total. The number of fused-ring (bicyclic) bond motifs is 1. The topological polar surface area (TPSA) is 103 Å². The van der Waals surface area contributed by atoms with Crippen LogP contribution in [0.5, 0.6) is 0 Å². The van der Waals surface area contributed by atoms with Crippen LogP contribution in [0.2, 0.25) is 5.02 Å². The minimum absolute atomic E-state index is 0.0322. The summed E-state index contributed by atoms with van der Waals surface area (Å²) >= 11 is 5.95. The normalized spacial score (nSPS) is 21.1. The fourth-order valence-corrected chi connectivity index (χ4v) is 6.75. The number of nitrogens with zero attached hydrogens (tertiary/aromatic N) is 3. The summed E-state index contributed by atoms with van der Waals surface area (Å²) in [6.07, 6.45) is 4.98. The largest absolute Gasteiger partial charge is 0.390 e. The second kappa shape index (κ2) is 12.9. The van der Waals surface area contributed by atoms with Crippen molar-refractivity contribution in [2.45, 2.75) is 90.4 Å². The maximum absolute atomic E-state index is 13.7. The minimum Gasteiger partial charge on any atom is -0.390 e. The van der Waals surface area contributed by atoms with Gasteiger partial charge in [0.25, 0.3) is 5.91 Å². The van der Waals surface area contributed by atoms with E-state index in [0.29, 0.717) is 11.5 Å². The van der Waals surface area contributed by atoms with Gasteiger partial charge < -0.3 is 20.0 Å². The van der Waals surface area contributed by atoms with E-state index >= 15 is 0 Å². The highest BCUT2D eigenvalue weighted by atomic mass is 35.5. The molecule has 43 heavy (non-hydrogen) atoms. The second-order valence-electron chi connectivity index (χ2n) is 13.1. The molecule has 1 aliphatic carbocycles. The van der Waals surface area contributed by atoms with Crippen LogP contribution < -0.4 is 10.9 Å². The van der Waals surface area contributed by atoms with Gasteiger partial charge in [-0.15, -0.1) is 0 Å². The smallest absolute Gasteiger partial charge is 0.280 e. The zero-order valence-electron chi connectivity index (χ0n) is 25.5. The fourth-order valence-electron chi connectivity index (χ4n) is 6.57. The van der Waals surface area contributed by atoms with Crippen LogP contribution in [0.1, 0.15) is 88.2 Å². The van der Waals surface area contributed by atoms with Gasteiger partial charge in [0.2, 0.25) is 11.5 Å². The molecular formula is C33H43ClFN5O3. The lowest BCUT2D eigenvalue weighted by Crippen LogP contribution is -2.41. The van der Waals surface area contributed by atoms with Crippen LogP contribution in [0.25, 0.3) is 11.0 Å². The number of aromatic nitrogens is 2. The van der Waals surface area contributed by atoms with Crippen LogP contribution >= 0.6 is 11.6 Å². The number of H-pyrrole nitrogens is 1. The van der Waals surface area contributed by atoms with Crippen molar-refractivity contribution in [3.63, 3.8) is 0 Å². The first kappa shape index (κ1) is 31.4. The molecule has 2 fully saturated rings. The fraction of sp³-hybridized carbons (Fsp3) is 0.545. The number of imidazole rings is 1. The van der Waals surface area contributed by atoms with E-state index in [1.807, 2.05) is 33.8 Å². The molecule has 3 aromatic rings. The summed E-state index contributed by atoms with van der Waals surface area (Å²) in [5.41, 5.74) is 2.97. The highest BCUT2D eigenvalue weighted by Gasteiger charge is 2.31. The first-order valence-corrected chi connectivity index (χ1v) is 15.8. The third-order valence-electron chi connectivity index (χ3n) is 9.03. The number of nitrogens with one attached hydrogen (secondary N) is 2. The van der Waals surface area contributed by atoms with Gasteiger partial charge in [0.05, 0.1) is 21.7 Å². The number of carbonyl (C=O) groups excluding carboxylic acids is 2. The Morgan fingerprint density at radius 3 is 2.42 bits per heavy atom. The Morgan fingerprint density at radius 2 is 1.79 bits per heavy atom. The van der Waals surface area contributed by atoms with Crippen molar-refractivity contribution in [3.8, 4) is 0 Å². The summed E-state index contributed by atoms with van der Waals surface area (Å²) in [5, 5.41) is 13.4. The van der Waals surface area contributed by atoms with Crippen molar-refractivity contribution in [2.24, 2.45) is 16.8 Å². The van der Waals surface area contributed by atoms with Crippen LogP contribution in [-0.2, 0) is 11.3 Å². The van der Waals surface area contributed by atoms with Gasteiger partial charge in [-0.2, -0.15) is 4.99 Å². The average molecular weight is 612 g/mol. The summed E-state index contributed by atoms with van der Waals surface area (Å²) < 4.78 is 15.9. The number of amides is 2. The van der Waals surface area contributed by atoms with Crippen molar-refractivity contribution in [1.29, 1.82) is 0 Å². The quantitative estimate of drug-likeness (QED) is 0.317. The number of aromatic amines is 1. The number of halogens is 2. The molecule has 1 aliphatic heterocycles. The summed E-state index contributed by atoms with van der Waals surface area (Å²) in [6, 6.07) is 10.3. The molecule has 3 N–H and O–H groups in total. The van der Waals surface area contributed by atoms with Gasteiger partial charge in [-0.3, -0.25) is 14.5 Å². The predicted octanol–water partition coefficient (Wildman–Crippen LogP) is 5.74. The molecular weight excluding hydrogens is 569 g/mol. The van der Waals surface area contributed by atoms with Crippen LogP contribution in [0.4, 0.5) is 4.39 Å². The van der Waals surface area contributed by atoms with Crippen molar-refractivity contribution < 1.29 is 19.1 Å². The van der Waals surface area contributed by atoms with E-state index in [0.717, 1.165) is 74.8 Å². The molecule has 232 valence electrons. The molecule has 2 aliphatic rings. The Bertz CT molecular complexity index is 1540. The van der Waals surface area contributed by atoms with E-state index in [9.17, 15) is 19.1 Å². The Morgan fingerprint density at radius 1 is 1.09 bits per heavy atom. The Labute approximate surface area is 257 Å². The van der Waals surface area contributed by atoms with E-state index in [-0.39, 0.29) is 34.5 Å². The van der Waals surface area contributed by atoms with Crippen molar-refractivity contribution in [2.75, 3.05) is 13.1 Å². The third-order valence-corrected chi connectivity index (χ3v) is 9.32. The zero-order valence-corrected chi connectivity index (χ0v) is 26.3. The molecule has 2 aromatic carbocycles. The lowest BCUT2D eigenvalue weighted by molar-refractivity contribution is -0.126. The highest BCUT2D eigenvalue weighted by molar-refractivity contribution is 6.31. The molecule has 0 bridgehead atoms. The molecule has 5 rings (SSSR count). The van der Waals surface area contributed by atoms with E-state index in [4.69, 9.17) is 11.6 Å². The number of aliphatic hydroxyl groups is 1. The second-order valence-corrected chi connectivity index (χ2v) is 13.5. The molecule has 0 atom stereocenters.